The third kappa shape index (κ3) is 3.75. The monoisotopic (exact) mass is 383 g/mol. The number of amides is 3. The lowest BCUT2D eigenvalue weighted by molar-refractivity contribution is -0.130. The van der Waals surface area contributed by atoms with Gasteiger partial charge in [0.15, 0.2) is 9.84 Å². The van der Waals surface area contributed by atoms with Gasteiger partial charge in [0.2, 0.25) is 5.91 Å². The highest BCUT2D eigenvalue weighted by molar-refractivity contribution is 7.91. The quantitative estimate of drug-likeness (QED) is 0.778. The molecule has 10 heteroatoms. The molecule has 9 nitrogen and oxygen atoms in total. The zero-order chi connectivity index (χ0) is 19.1. The number of aryl methyl sites for hydroxylation is 1. The molecule has 2 fully saturated rings. The van der Waals surface area contributed by atoms with Gasteiger partial charge < -0.3 is 5.32 Å². The van der Waals surface area contributed by atoms with Crippen LogP contribution >= 0.6 is 0 Å². The molecule has 144 valence electrons. The van der Waals surface area contributed by atoms with Crippen LogP contribution in [-0.2, 0) is 21.2 Å². The molecular weight excluding hydrogens is 358 g/mol. The van der Waals surface area contributed by atoms with Crippen LogP contribution in [0.15, 0.2) is 0 Å². The van der Waals surface area contributed by atoms with E-state index in [9.17, 15) is 18.0 Å². The van der Waals surface area contributed by atoms with E-state index in [2.05, 4.69) is 10.4 Å². The first-order chi connectivity index (χ1) is 12.2. The molecule has 26 heavy (non-hydrogen) atoms. The lowest BCUT2D eigenvalue weighted by Gasteiger charge is -2.29. The first-order valence-electron chi connectivity index (χ1n) is 8.69. The molecule has 0 aliphatic carbocycles. The van der Waals surface area contributed by atoms with Crippen LogP contribution in [0.3, 0.4) is 0 Å². The minimum Gasteiger partial charge on any atom is -0.337 e. The van der Waals surface area contributed by atoms with E-state index in [4.69, 9.17) is 0 Å². The van der Waals surface area contributed by atoms with Crippen molar-refractivity contribution in [3.63, 3.8) is 0 Å². The summed E-state index contributed by atoms with van der Waals surface area (Å²) in [4.78, 5) is 26.9. The van der Waals surface area contributed by atoms with Crippen LogP contribution in [0.25, 0.3) is 0 Å². The fourth-order valence-electron chi connectivity index (χ4n) is 3.57. The summed E-state index contributed by atoms with van der Waals surface area (Å²) in [6.45, 7) is 4.94. The van der Waals surface area contributed by atoms with Crippen LogP contribution in [0.4, 0.5) is 4.79 Å². The average Bonchev–Trinajstić information content (AvgIpc) is 3.05. The van der Waals surface area contributed by atoms with Crippen molar-refractivity contribution in [2.24, 2.45) is 0 Å². The number of hydrogen-bond donors (Lipinski definition) is 1. The van der Waals surface area contributed by atoms with Crippen LogP contribution in [0, 0.1) is 13.8 Å². The van der Waals surface area contributed by atoms with E-state index in [-0.39, 0.29) is 36.2 Å². The summed E-state index contributed by atoms with van der Waals surface area (Å²) in [5.74, 6) is 0.158. The standard InChI is InChI=1S/C16H25N5O4S/c1-11-14(8-19(3)10-20-15(22)4-6-17-16(20)23)12(2)21(18-11)13-5-7-26(24,25)9-13/h13H,4-10H2,1-3H3,(H,17,23)/t13-/m1/s1. The molecule has 0 unspecified atom stereocenters. The maximum absolute atomic E-state index is 11.9. The van der Waals surface area contributed by atoms with Gasteiger partial charge in [0.25, 0.3) is 0 Å². The topological polar surface area (TPSA) is 105 Å². The van der Waals surface area contributed by atoms with Crippen molar-refractivity contribution < 1.29 is 18.0 Å². The lowest BCUT2D eigenvalue weighted by Crippen LogP contribution is -2.53. The van der Waals surface area contributed by atoms with Gasteiger partial charge in [0, 0.05) is 30.8 Å². The van der Waals surface area contributed by atoms with Gasteiger partial charge in [0.05, 0.1) is 29.9 Å². The lowest BCUT2D eigenvalue weighted by atomic mass is 10.1. The van der Waals surface area contributed by atoms with E-state index in [0.29, 0.717) is 25.9 Å². The number of imide groups is 1. The summed E-state index contributed by atoms with van der Waals surface area (Å²) in [6.07, 6.45) is 0.897. The average molecular weight is 383 g/mol. The van der Waals surface area contributed by atoms with E-state index >= 15 is 0 Å². The minimum absolute atomic E-state index is 0.118. The van der Waals surface area contributed by atoms with Gasteiger partial charge in [-0.1, -0.05) is 0 Å². The number of urea groups is 1. The van der Waals surface area contributed by atoms with E-state index < -0.39 is 9.84 Å². The fraction of sp³-hybridized carbons (Fsp3) is 0.688. The molecule has 0 bridgehead atoms. The third-order valence-corrected chi connectivity index (χ3v) is 6.75. The number of rotatable bonds is 5. The zero-order valence-corrected chi connectivity index (χ0v) is 16.2. The highest BCUT2D eigenvalue weighted by Crippen LogP contribution is 2.27. The summed E-state index contributed by atoms with van der Waals surface area (Å²) < 4.78 is 25.3. The van der Waals surface area contributed by atoms with E-state index in [1.807, 2.05) is 30.5 Å². The SMILES string of the molecule is Cc1nn([C@@H]2CCS(=O)(=O)C2)c(C)c1CN(C)CN1C(=O)CCNC1=O. The number of nitrogens with zero attached hydrogens (tertiary/aromatic N) is 4. The summed E-state index contributed by atoms with van der Waals surface area (Å²) in [7, 11) is -1.14. The third-order valence-electron chi connectivity index (χ3n) is 5.00. The van der Waals surface area contributed by atoms with E-state index in [1.165, 1.54) is 4.90 Å². The first kappa shape index (κ1) is 18.8. The van der Waals surface area contributed by atoms with Crippen molar-refractivity contribution in [3.8, 4) is 0 Å². The molecule has 0 aromatic carbocycles. The Bertz CT molecular complexity index is 816. The number of nitrogens with one attached hydrogen (secondary N) is 1. The predicted molar refractivity (Wildman–Crippen MR) is 95.2 cm³/mol. The summed E-state index contributed by atoms with van der Waals surface area (Å²) in [5.41, 5.74) is 2.78. The van der Waals surface area contributed by atoms with Crippen LogP contribution < -0.4 is 5.32 Å². The second kappa shape index (κ2) is 6.99. The Kier molecular flexibility index (Phi) is 5.07. The van der Waals surface area contributed by atoms with E-state index in [1.54, 1.807) is 0 Å². The van der Waals surface area contributed by atoms with Gasteiger partial charge in [-0.3, -0.25) is 19.3 Å². The van der Waals surface area contributed by atoms with Crippen molar-refractivity contribution in [1.29, 1.82) is 0 Å². The van der Waals surface area contributed by atoms with Crippen molar-refractivity contribution in [1.82, 2.24) is 24.9 Å². The summed E-state index contributed by atoms with van der Waals surface area (Å²) in [5, 5.41) is 7.22. The maximum atomic E-state index is 11.9. The molecule has 3 amide bonds. The van der Waals surface area contributed by atoms with Crippen LogP contribution in [0.1, 0.15) is 35.8 Å². The van der Waals surface area contributed by atoms with Crippen molar-refractivity contribution in [2.45, 2.75) is 39.3 Å². The Morgan fingerprint density at radius 1 is 1.31 bits per heavy atom. The Hall–Kier alpha value is -1.94. The molecule has 2 aliphatic rings. The maximum Gasteiger partial charge on any atom is 0.325 e. The summed E-state index contributed by atoms with van der Waals surface area (Å²) in [6, 6.07) is -0.486. The molecule has 0 spiro atoms. The van der Waals surface area contributed by atoms with Crippen LogP contribution in [0.5, 0.6) is 0 Å². The smallest absolute Gasteiger partial charge is 0.325 e. The largest absolute Gasteiger partial charge is 0.337 e. The zero-order valence-electron chi connectivity index (χ0n) is 15.4. The number of carbonyl (C=O) groups excluding carboxylic acids is 2. The normalized spacial score (nSPS) is 22.9. The molecule has 2 aliphatic heterocycles. The molecule has 1 aromatic heterocycles. The number of carbonyl (C=O) groups is 2. The van der Waals surface area contributed by atoms with Gasteiger partial charge in [-0.2, -0.15) is 5.10 Å². The molecule has 2 saturated heterocycles. The van der Waals surface area contributed by atoms with Gasteiger partial charge >= 0.3 is 6.03 Å². The summed E-state index contributed by atoms with van der Waals surface area (Å²) >= 11 is 0. The Balaban J connectivity index is 1.72. The number of aromatic nitrogens is 2. The Labute approximate surface area is 153 Å². The number of sulfone groups is 1. The van der Waals surface area contributed by atoms with Crippen molar-refractivity contribution in [3.05, 3.63) is 17.0 Å². The molecule has 0 saturated carbocycles. The Morgan fingerprint density at radius 3 is 2.65 bits per heavy atom. The van der Waals surface area contributed by atoms with Crippen molar-refractivity contribution in [2.75, 3.05) is 31.8 Å². The molecule has 1 atom stereocenters. The highest BCUT2D eigenvalue weighted by atomic mass is 32.2. The molecule has 3 rings (SSSR count). The number of hydrogen-bond acceptors (Lipinski definition) is 6. The highest BCUT2D eigenvalue weighted by Gasteiger charge is 2.32. The molecule has 3 heterocycles. The molecule has 1 N–H and O–H groups in total. The van der Waals surface area contributed by atoms with E-state index in [0.717, 1.165) is 17.0 Å². The van der Waals surface area contributed by atoms with Gasteiger partial charge in [-0.25, -0.2) is 13.2 Å². The van der Waals surface area contributed by atoms with Gasteiger partial charge in [0.1, 0.15) is 0 Å². The molecule has 1 aromatic rings. The molecule has 0 radical (unpaired) electrons. The van der Waals surface area contributed by atoms with Crippen molar-refractivity contribution >= 4 is 21.8 Å². The minimum atomic E-state index is -2.98. The Morgan fingerprint density at radius 2 is 2.04 bits per heavy atom. The second-order valence-electron chi connectivity index (χ2n) is 7.11. The second-order valence-corrected chi connectivity index (χ2v) is 9.34. The van der Waals surface area contributed by atoms with Gasteiger partial charge in [-0.15, -0.1) is 0 Å². The predicted octanol–water partition coefficient (Wildman–Crippen LogP) is 0.191. The molecular formula is C16H25N5O4S. The van der Waals surface area contributed by atoms with Crippen LogP contribution in [0.2, 0.25) is 0 Å². The van der Waals surface area contributed by atoms with Gasteiger partial charge in [-0.05, 0) is 27.3 Å². The fourth-order valence-corrected chi connectivity index (χ4v) is 5.27. The first-order valence-corrected chi connectivity index (χ1v) is 10.5. The van der Waals surface area contributed by atoms with Crippen LogP contribution in [-0.4, -0.2) is 71.7 Å².